The smallest absolute Gasteiger partial charge is 0.306 e. The number of rotatable bonds is 0. The number of ether oxygens (including phenoxy) is 2. The van der Waals surface area contributed by atoms with Gasteiger partial charge >= 0.3 is 11.9 Å². The molecule has 0 radical (unpaired) electrons. The largest absolute Gasteiger partial charge is 0.458 e. The Hall–Kier alpha value is -2.76. The van der Waals surface area contributed by atoms with Gasteiger partial charge in [0.25, 0.3) is 0 Å². The Morgan fingerprint density at radius 1 is 0.561 bits per heavy atom. The summed E-state index contributed by atoms with van der Waals surface area (Å²) < 4.78 is 12.3. The summed E-state index contributed by atoms with van der Waals surface area (Å²) in [6.07, 6.45) is 27.8. The highest BCUT2D eigenvalue weighted by Crippen LogP contribution is 2.83. The molecular weight excluding hydrogens is 709 g/mol. The molecule has 0 aromatic rings. The van der Waals surface area contributed by atoms with E-state index in [2.05, 4.69) is 52.0 Å². The Morgan fingerprint density at radius 3 is 1.68 bits per heavy atom. The molecule has 0 aromatic carbocycles. The van der Waals surface area contributed by atoms with Crippen LogP contribution in [0.1, 0.15) is 137 Å². The molecule has 0 amide bonds. The maximum Gasteiger partial charge on any atom is 0.306 e. The number of carbonyl (C=O) groups is 4. The predicted molar refractivity (Wildman–Crippen MR) is 211 cm³/mol. The van der Waals surface area contributed by atoms with E-state index in [1.165, 1.54) is 62.5 Å². The van der Waals surface area contributed by atoms with Gasteiger partial charge in [-0.25, -0.2) is 0 Å². The van der Waals surface area contributed by atoms with Crippen LogP contribution >= 0.6 is 0 Å². The van der Waals surface area contributed by atoms with Crippen LogP contribution in [0.2, 0.25) is 0 Å². The summed E-state index contributed by atoms with van der Waals surface area (Å²) in [6.45, 7) is 9.87. The Kier molecular flexibility index (Phi) is 5.80. The average Bonchev–Trinajstić information content (AvgIpc) is 3.95. The highest BCUT2D eigenvalue weighted by Gasteiger charge is 2.80. The van der Waals surface area contributed by atoms with Crippen molar-refractivity contribution in [2.45, 2.75) is 148 Å². The fourth-order valence-electron chi connectivity index (χ4n) is 19.1. The Balaban J connectivity index is 0.000000115. The maximum atomic E-state index is 12.7. The number of hydrogen-bond acceptors (Lipinski definition) is 6. The summed E-state index contributed by atoms with van der Waals surface area (Å²) in [5.74, 6) is 6.52. The zero-order valence-electron chi connectivity index (χ0n) is 34.6. The van der Waals surface area contributed by atoms with Crippen LogP contribution in [0.3, 0.4) is 0 Å². The fraction of sp³-hybridized carbons (Fsp3) is 0.765. The molecule has 300 valence electrons. The van der Waals surface area contributed by atoms with Crippen LogP contribution < -0.4 is 0 Å². The molecule has 11 fully saturated rings. The van der Waals surface area contributed by atoms with Crippen molar-refractivity contribution in [3.63, 3.8) is 0 Å². The third-order valence-electron chi connectivity index (χ3n) is 22.3. The second-order valence-electron chi connectivity index (χ2n) is 24.0. The molecule has 13 aliphatic carbocycles. The summed E-state index contributed by atoms with van der Waals surface area (Å²) in [6, 6.07) is 0. The molecule has 16 atom stereocenters. The minimum atomic E-state index is -0.213. The number of allylic oxidation sites excluding steroid dienone is 8. The first kappa shape index (κ1) is 34.0. The first-order valence-corrected chi connectivity index (χ1v) is 23.6. The minimum Gasteiger partial charge on any atom is -0.458 e. The third-order valence-corrected chi connectivity index (χ3v) is 22.3. The molecule has 0 N–H and O–H groups in total. The highest BCUT2D eigenvalue weighted by molar-refractivity contribution is 5.98. The lowest BCUT2D eigenvalue weighted by Crippen LogP contribution is -2.54. The van der Waals surface area contributed by atoms with Crippen molar-refractivity contribution in [2.75, 3.05) is 0 Å². The molecule has 57 heavy (non-hydrogen) atoms. The van der Waals surface area contributed by atoms with E-state index in [9.17, 15) is 19.2 Å². The van der Waals surface area contributed by atoms with Crippen molar-refractivity contribution in [3.05, 3.63) is 46.6 Å². The molecule has 2 heterocycles. The molecule has 15 aliphatic rings. The number of fused-ring (bicyclic) bond motifs is 21. The summed E-state index contributed by atoms with van der Waals surface area (Å²) in [4.78, 5) is 49.5. The van der Waals surface area contributed by atoms with Gasteiger partial charge in [0.2, 0.25) is 0 Å². The standard InChI is InChI=1S/C26H30O3.C25H30O3/c1-23-5-3-16-15(22(23)14-10-18(14)26(23)6-4-21(28)29-26)12-25(7-8-25)20-11-19(27)13-9-17(13)24(16,20)2;1-22-6-3-17-15(16(22)4-7-25(22)8-5-21(27)28-25)13-24(9-10-24)20-12-19(26)14-11-18(14)23(17,20)2/h3,11,13-15,17-18,22H,4-10,12H2,1-2H3;3,12,14-16,18H,4-11,13H2,1-2H3/t13?,14-,15?,17+,18?,22?,23+,24+,26+;14?,15?,16?,18-,22-,23-,25+/m10/s1. The third kappa shape index (κ3) is 3.67. The molecule has 0 aromatic heterocycles. The first-order chi connectivity index (χ1) is 27.2. The lowest BCUT2D eigenvalue weighted by molar-refractivity contribution is -0.166. The van der Waals surface area contributed by atoms with E-state index in [4.69, 9.17) is 9.47 Å². The Labute approximate surface area is 337 Å². The minimum absolute atomic E-state index is 0.0164. The number of ketones is 2. The fourth-order valence-corrected chi connectivity index (χ4v) is 19.1. The van der Waals surface area contributed by atoms with E-state index < -0.39 is 0 Å². The van der Waals surface area contributed by atoms with Crippen LogP contribution in [0.4, 0.5) is 0 Å². The number of esters is 2. The van der Waals surface area contributed by atoms with Gasteiger partial charge in [0.05, 0.1) is 0 Å². The van der Waals surface area contributed by atoms with E-state index >= 15 is 0 Å². The molecule has 15 rings (SSSR count). The topological polar surface area (TPSA) is 86.7 Å². The first-order valence-electron chi connectivity index (χ1n) is 23.6. The van der Waals surface area contributed by atoms with Crippen molar-refractivity contribution in [2.24, 2.45) is 91.7 Å². The number of hydrogen-bond donors (Lipinski definition) is 0. The average molecular weight is 769 g/mol. The molecule has 7 unspecified atom stereocenters. The van der Waals surface area contributed by atoms with E-state index in [1.807, 2.05) is 0 Å². The van der Waals surface area contributed by atoms with E-state index in [0.717, 1.165) is 50.9 Å². The molecule has 4 spiro atoms. The molecule has 6 heteroatoms. The molecule has 0 bridgehead atoms. The van der Waals surface area contributed by atoms with Crippen LogP contribution in [0, 0.1) is 91.7 Å². The summed E-state index contributed by atoms with van der Waals surface area (Å²) in [5, 5.41) is 0. The lowest BCUT2D eigenvalue weighted by atomic mass is 9.46. The van der Waals surface area contributed by atoms with Crippen LogP contribution in [0.25, 0.3) is 0 Å². The second-order valence-corrected chi connectivity index (χ2v) is 24.0. The van der Waals surface area contributed by atoms with Gasteiger partial charge in [-0.2, -0.15) is 0 Å². The summed E-state index contributed by atoms with van der Waals surface area (Å²) in [7, 11) is 0. The predicted octanol–water partition coefficient (Wildman–Crippen LogP) is 9.38. The molecule has 2 aliphatic heterocycles. The van der Waals surface area contributed by atoms with Crippen molar-refractivity contribution in [3.8, 4) is 0 Å². The van der Waals surface area contributed by atoms with Crippen molar-refractivity contribution in [1.82, 2.24) is 0 Å². The van der Waals surface area contributed by atoms with Crippen molar-refractivity contribution in [1.29, 1.82) is 0 Å². The van der Waals surface area contributed by atoms with Gasteiger partial charge in [0, 0.05) is 52.3 Å². The van der Waals surface area contributed by atoms with E-state index in [-0.39, 0.29) is 44.8 Å². The quantitative estimate of drug-likeness (QED) is 0.180. The highest BCUT2D eigenvalue weighted by atomic mass is 16.6. The monoisotopic (exact) mass is 768 g/mol. The summed E-state index contributed by atoms with van der Waals surface area (Å²) >= 11 is 0. The molecule has 6 nitrogen and oxygen atoms in total. The van der Waals surface area contributed by atoms with Crippen LogP contribution in [-0.2, 0) is 28.7 Å². The van der Waals surface area contributed by atoms with Gasteiger partial charge in [-0.15, -0.1) is 0 Å². The Morgan fingerprint density at radius 2 is 1.12 bits per heavy atom. The molecule has 9 saturated carbocycles. The van der Waals surface area contributed by atoms with Gasteiger partial charge < -0.3 is 9.47 Å². The van der Waals surface area contributed by atoms with Crippen LogP contribution in [-0.4, -0.2) is 34.7 Å². The van der Waals surface area contributed by atoms with Crippen LogP contribution in [0.15, 0.2) is 46.6 Å². The van der Waals surface area contributed by atoms with Gasteiger partial charge in [-0.3, -0.25) is 19.2 Å². The SMILES string of the molecule is C[C@@]12C3=CC[C@@]4(C)C(C3CC3(CC3)C1=CC(=O)C1C[C@@H]12)[C@@H]1CC1[C@@]41CCC(=O)O1.C[C@@]12C3=CC[C@@]4(C)C(CC[C@@]45CCC(=O)O5)C3CC3(CC3)C1=CC(=O)C1C[C@@H]12. The lowest BCUT2D eigenvalue weighted by Gasteiger charge is -2.58. The zero-order valence-corrected chi connectivity index (χ0v) is 34.6. The van der Waals surface area contributed by atoms with Crippen molar-refractivity contribution >= 4 is 23.5 Å². The van der Waals surface area contributed by atoms with Crippen LogP contribution in [0.5, 0.6) is 0 Å². The second kappa shape index (κ2) is 9.72. The van der Waals surface area contributed by atoms with Gasteiger partial charge in [0.15, 0.2) is 11.6 Å². The van der Waals surface area contributed by atoms with E-state index in [0.29, 0.717) is 88.5 Å². The van der Waals surface area contributed by atoms with E-state index in [1.54, 1.807) is 11.1 Å². The molecule has 2 saturated heterocycles. The molecular formula is C51H60O6. The maximum absolute atomic E-state index is 12.7. The van der Waals surface area contributed by atoms with Crippen molar-refractivity contribution < 1.29 is 28.7 Å². The Bertz CT molecular complexity index is 2200. The van der Waals surface area contributed by atoms with Gasteiger partial charge in [0.1, 0.15) is 11.2 Å². The number of carbonyl (C=O) groups excluding carboxylic acids is 4. The van der Waals surface area contributed by atoms with Gasteiger partial charge in [-0.05, 0) is 161 Å². The summed E-state index contributed by atoms with van der Waals surface area (Å²) in [5.41, 5.74) is 7.07. The normalized spacial score (nSPS) is 56.8. The van der Waals surface area contributed by atoms with Gasteiger partial charge in [-0.1, -0.05) is 62.1 Å². The zero-order chi connectivity index (χ0) is 38.7.